The number of halogens is 1. The first-order valence-electron chi connectivity index (χ1n) is 8.85. The molecule has 1 aliphatic rings. The van der Waals surface area contributed by atoms with Crippen molar-refractivity contribution in [1.29, 1.82) is 0 Å². The number of benzene rings is 2. The molecule has 2 aromatic carbocycles. The summed E-state index contributed by atoms with van der Waals surface area (Å²) < 4.78 is 2.56. The fraction of sp³-hybridized carbons (Fsp3) is 0.200. The molecular formula is C20H18BrN4O2S+. The summed E-state index contributed by atoms with van der Waals surface area (Å²) >= 11 is 4.96. The van der Waals surface area contributed by atoms with Gasteiger partial charge in [0.25, 0.3) is 6.17 Å². The van der Waals surface area contributed by atoms with Crippen molar-refractivity contribution in [3.05, 3.63) is 68.9 Å². The van der Waals surface area contributed by atoms with Crippen molar-refractivity contribution in [1.82, 2.24) is 10.1 Å². The molecule has 1 amide bonds. The quantitative estimate of drug-likeness (QED) is 0.482. The van der Waals surface area contributed by atoms with E-state index >= 15 is 0 Å². The number of rotatable bonds is 3. The SMILES string of the molecule is CCSc1n[n+]2c(c(=O)[nH]1)-c1ccccc1N(C(C)=O)[C@H]2c1cccc(Br)c1. The predicted molar refractivity (Wildman–Crippen MR) is 112 cm³/mol. The van der Waals surface area contributed by atoms with E-state index in [1.807, 2.05) is 55.5 Å². The second-order valence-corrected chi connectivity index (χ2v) is 8.49. The van der Waals surface area contributed by atoms with Gasteiger partial charge in [0.15, 0.2) is 0 Å². The highest BCUT2D eigenvalue weighted by Crippen LogP contribution is 2.37. The lowest BCUT2D eigenvalue weighted by Crippen LogP contribution is -2.60. The third-order valence-corrected chi connectivity index (χ3v) is 5.76. The molecule has 0 saturated heterocycles. The number of anilines is 1. The molecule has 2 heterocycles. The number of nitrogens with one attached hydrogen (secondary N) is 1. The molecule has 1 N–H and O–H groups in total. The Labute approximate surface area is 174 Å². The molecule has 1 atom stereocenters. The van der Waals surface area contributed by atoms with Crippen LogP contribution in [0, 0.1) is 0 Å². The molecule has 8 heteroatoms. The molecule has 3 aromatic rings. The molecule has 28 heavy (non-hydrogen) atoms. The van der Waals surface area contributed by atoms with Gasteiger partial charge in [-0.25, -0.2) is 4.90 Å². The minimum atomic E-state index is -0.557. The highest BCUT2D eigenvalue weighted by molar-refractivity contribution is 9.10. The zero-order valence-corrected chi connectivity index (χ0v) is 17.8. The minimum Gasteiger partial charge on any atom is -0.291 e. The summed E-state index contributed by atoms with van der Waals surface area (Å²) in [6.07, 6.45) is -0.557. The summed E-state index contributed by atoms with van der Waals surface area (Å²) in [6.45, 7) is 3.53. The van der Waals surface area contributed by atoms with E-state index in [9.17, 15) is 9.59 Å². The van der Waals surface area contributed by atoms with Gasteiger partial charge in [-0.05, 0) is 34.7 Å². The summed E-state index contributed by atoms with van der Waals surface area (Å²) in [7, 11) is 0. The van der Waals surface area contributed by atoms with E-state index < -0.39 is 6.17 Å². The Hall–Kier alpha value is -2.45. The van der Waals surface area contributed by atoms with Crippen molar-refractivity contribution in [2.75, 3.05) is 10.7 Å². The van der Waals surface area contributed by atoms with Crippen molar-refractivity contribution in [2.24, 2.45) is 0 Å². The average molecular weight is 458 g/mol. The topological polar surface area (TPSA) is 69.9 Å². The summed E-state index contributed by atoms with van der Waals surface area (Å²) in [4.78, 5) is 30.3. The molecule has 0 radical (unpaired) electrons. The first-order valence-corrected chi connectivity index (χ1v) is 10.6. The Balaban J connectivity index is 2.07. The molecule has 0 unspecified atom stereocenters. The Bertz CT molecular complexity index is 1130. The standard InChI is InChI=1S/C20H17BrN4O2S/c1-3-28-20-22-18(27)17-15-9-4-5-10-16(15)24(12(2)26)19(25(17)23-20)13-7-6-8-14(21)11-13/h4-11,19H,3H2,1-2H3/p+1/t19-/m1/s1. The van der Waals surface area contributed by atoms with Crippen molar-refractivity contribution in [2.45, 2.75) is 25.2 Å². The summed E-state index contributed by atoms with van der Waals surface area (Å²) in [5.41, 5.74) is 2.46. The minimum absolute atomic E-state index is 0.123. The van der Waals surface area contributed by atoms with E-state index in [0.717, 1.165) is 15.8 Å². The highest BCUT2D eigenvalue weighted by atomic mass is 79.9. The molecule has 0 saturated carbocycles. The maximum atomic E-state index is 13.0. The van der Waals surface area contributed by atoms with Crippen LogP contribution in [0.2, 0.25) is 0 Å². The van der Waals surface area contributed by atoms with Gasteiger partial charge >= 0.3 is 11.3 Å². The van der Waals surface area contributed by atoms with Crippen molar-refractivity contribution < 1.29 is 9.48 Å². The van der Waals surface area contributed by atoms with E-state index in [1.165, 1.54) is 18.7 Å². The number of aromatic nitrogens is 3. The van der Waals surface area contributed by atoms with E-state index in [4.69, 9.17) is 5.10 Å². The lowest BCUT2D eigenvalue weighted by molar-refractivity contribution is -0.763. The number of thioether (sulfide) groups is 1. The smallest absolute Gasteiger partial charge is 0.291 e. The molecule has 0 bridgehead atoms. The predicted octanol–water partition coefficient (Wildman–Crippen LogP) is 3.51. The lowest BCUT2D eigenvalue weighted by atomic mass is 10.0. The fourth-order valence-electron chi connectivity index (χ4n) is 3.48. The molecule has 1 aromatic heterocycles. The van der Waals surface area contributed by atoms with Crippen molar-refractivity contribution in [3.8, 4) is 11.3 Å². The van der Waals surface area contributed by atoms with Gasteiger partial charge in [-0.3, -0.25) is 14.6 Å². The van der Waals surface area contributed by atoms with Crippen LogP contribution in [-0.4, -0.2) is 21.7 Å². The number of para-hydroxylation sites is 1. The third-order valence-electron chi connectivity index (χ3n) is 4.53. The van der Waals surface area contributed by atoms with Crippen LogP contribution in [0.25, 0.3) is 11.3 Å². The number of nitrogens with zero attached hydrogens (tertiary/aromatic N) is 3. The van der Waals surface area contributed by atoms with Crippen LogP contribution in [0.4, 0.5) is 5.69 Å². The number of fused-ring (bicyclic) bond motifs is 3. The average Bonchev–Trinajstić information content (AvgIpc) is 2.66. The molecule has 4 rings (SSSR count). The maximum Gasteiger partial charge on any atom is 0.325 e. The van der Waals surface area contributed by atoms with Crippen LogP contribution < -0.4 is 15.1 Å². The highest BCUT2D eigenvalue weighted by Gasteiger charge is 2.44. The fourth-order valence-corrected chi connectivity index (χ4v) is 4.48. The van der Waals surface area contributed by atoms with Crippen LogP contribution in [0.5, 0.6) is 0 Å². The van der Waals surface area contributed by atoms with E-state index in [-0.39, 0.29) is 11.5 Å². The van der Waals surface area contributed by atoms with Crippen LogP contribution in [-0.2, 0) is 4.79 Å². The van der Waals surface area contributed by atoms with Gasteiger partial charge in [-0.1, -0.05) is 58.9 Å². The number of H-pyrrole nitrogens is 1. The number of hydrogen-bond donors (Lipinski definition) is 1. The summed E-state index contributed by atoms with van der Waals surface area (Å²) in [5, 5.41) is 5.22. The molecule has 0 spiro atoms. The van der Waals surface area contributed by atoms with Crippen LogP contribution >= 0.6 is 27.7 Å². The maximum absolute atomic E-state index is 13.0. The number of aromatic amines is 1. The van der Waals surface area contributed by atoms with Gasteiger partial charge in [0.2, 0.25) is 11.1 Å². The molecular weight excluding hydrogens is 440 g/mol. The Morgan fingerprint density at radius 1 is 1.29 bits per heavy atom. The zero-order chi connectivity index (χ0) is 19.8. The Kier molecular flexibility index (Phi) is 5.07. The normalized spacial score (nSPS) is 15.1. The molecule has 1 aliphatic heterocycles. The molecule has 0 aliphatic carbocycles. The van der Waals surface area contributed by atoms with Crippen molar-refractivity contribution in [3.63, 3.8) is 0 Å². The molecule has 0 fully saturated rings. The second-order valence-electron chi connectivity index (χ2n) is 6.32. The van der Waals surface area contributed by atoms with Gasteiger partial charge in [0, 0.05) is 22.1 Å². The number of amides is 1. The lowest BCUT2D eigenvalue weighted by Gasteiger charge is -2.31. The van der Waals surface area contributed by atoms with E-state index in [0.29, 0.717) is 22.1 Å². The van der Waals surface area contributed by atoms with Crippen LogP contribution in [0.15, 0.2) is 63.0 Å². The second kappa shape index (κ2) is 7.52. The number of carbonyl (C=O) groups is 1. The van der Waals surface area contributed by atoms with Gasteiger partial charge in [0.1, 0.15) is 0 Å². The van der Waals surface area contributed by atoms with Gasteiger partial charge in [-0.15, -0.1) is 0 Å². The Morgan fingerprint density at radius 2 is 2.07 bits per heavy atom. The largest absolute Gasteiger partial charge is 0.325 e. The van der Waals surface area contributed by atoms with Crippen molar-refractivity contribution >= 4 is 39.3 Å². The van der Waals surface area contributed by atoms with Crippen LogP contribution in [0.1, 0.15) is 25.6 Å². The zero-order valence-electron chi connectivity index (χ0n) is 15.3. The van der Waals surface area contributed by atoms with Gasteiger partial charge in [-0.2, -0.15) is 0 Å². The van der Waals surface area contributed by atoms with Gasteiger partial charge < -0.3 is 0 Å². The van der Waals surface area contributed by atoms with Crippen LogP contribution in [0.3, 0.4) is 0 Å². The monoisotopic (exact) mass is 457 g/mol. The summed E-state index contributed by atoms with van der Waals surface area (Å²) in [6, 6.07) is 15.1. The number of hydrogen-bond acceptors (Lipinski definition) is 4. The third kappa shape index (κ3) is 3.16. The van der Waals surface area contributed by atoms with E-state index in [1.54, 1.807) is 9.58 Å². The Morgan fingerprint density at radius 3 is 2.79 bits per heavy atom. The number of carbonyl (C=O) groups excluding carboxylic acids is 1. The molecule has 6 nitrogen and oxygen atoms in total. The molecule has 142 valence electrons. The first-order chi connectivity index (χ1) is 13.5. The first kappa shape index (κ1) is 18.9. The summed E-state index contributed by atoms with van der Waals surface area (Å²) in [5.74, 6) is 0.652. The van der Waals surface area contributed by atoms with E-state index in [2.05, 4.69) is 20.9 Å². The van der Waals surface area contributed by atoms with Gasteiger partial charge in [0.05, 0.1) is 11.3 Å².